The van der Waals surface area contributed by atoms with Gasteiger partial charge in [-0.25, -0.2) is 0 Å². The summed E-state index contributed by atoms with van der Waals surface area (Å²) in [6.07, 6.45) is 0. The molecule has 23 heavy (non-hydrogen) atoms. The van der Waals surface area contributed by atoms with Crippen molar-refractivity contribution in [3.8, 4) is 11.8 Å². The molecule has 0 aromatic heterocycles. The highest BCUT2D eigenvalue weighted by Gasteiger charge is 2.08. The van der Waals surface area contributed by atoms with Crippen LogP contribution >= 0.6 is 11.8 Å². The van der Waals surface area contributed by atoms with E-state index in [-0.39, 0.29) is 5.91 Å². The second-order valence-electron chi connectivity index (χ2n) is 5.01. The fourth-order valence-corrected chi connectivity index (χ4v) is 2.95. The molecule has 0 aliphatic rings. The number of rotatable bonds is 6. The number of nitrogens with zero attached hydrogens (tertiary/aromatic N) is 1. The number of thioether (sulfide) groups is 1. The number of anilines is 1. The first-order chi connectivity index (χ1) is 11.1. The molecule has 0 aliphatic carbocycles. The zero-order valence-electron chi connectivity index (χ0n) is 13.1. The second kappa shape index (κ2) is 8.25. The zero-order valence-corrected chi connectivity index (χ0v) is 13.9. The maximum absolute atomic E-state index is 12.0. The highest BCUT2D eigenvalue weighted by atomic mass is 32.2. The van der Waals surface area contributed by atoms with Gasteiger partial charge in [0.1, 0.15) is 11.8 Å². The summed E-state index contributed by atoms with van der Waals surface area (Å²) in [4.78, 5) is 12.0. The van der Waals surface area contributed by atoms with Crippen LogP contribution in [0.5, 0.6) is 5.75 Å². The molecule has 0 fully saturated rings. The zero-order chi connectivity index (χ0) is 16.7. The van der Waals surface area contributed by atoms with E-state index in [0.29, 0.717) is 22.8 Å². The van der Waals surface area contributed by atoms with E-state index in [9.17, 15) is 4.79 Å². The lowest BCUT2D eigenvalue weighted by molar-refractivity contribution is -0.113. The maximum Gasteiger partial charge on any atom is 0.234 e. The maximum atomic E-state index is 12.0. The van der Waals surface area contributed by atoms with Crippen molar-refractivity contribution in [3.05, 3.63) is 59.2 Å². The minimum atomic E-state index is -0.121. The Morgan fingerprint density at radius 2 is 2.09 bits per heavy atom. The number of benzene rings is 2. The number of hydrogen-bond acceptors (Lipinski definition) is 4. The highest BCUT2D eigenvalue weighted by Crippen LogP contribution is 2.24. The van der Waals surface area contributed by atoms with Gasteiger partial charge in [0.05, 0.1) is 24.1 Å². The lowest BCUT2D eigenvalue weighted by Gasteiger charge is -2.10. The third-order valence-electron chi connectivity index (χ3n) is 3.25. The van der Waals surface area contributed by atoms with Gasteiger partial charge in [0.2, 0.25) is 5.91 Å². The van der Waals surface area contributed by atoms with Gasteiger partial charge < -0.3 is 10.1 Å². The van der Waals surface area contributed by atoms with Gasteiger partial charge in [-0.15, -0.1) is 11.8 Å². The molecule has 0 saturated carbocycles. The standard InChI is InChI=1S/C18H18N2O2S/c1-13-7-8-17(22-2)15(9-13)11-23-12-18(21)20-16-6-4-3-5-14(16)10-19/h3-9H,11-12H2,1-2H3,(H,20,21). The molecule has 0 bridgehead atoms. The minimum Gasteiger partial charge on any atom is -0.496 e. The lowest BCUT2D eigenvalue weighted by atomic mass is 10.1. The Kier molecular flexibility index (Phi) is 6.07. The average Bonchev–Trinajstić information content (AvgIpc) is 2.55. The molecule has 0 spiro atoms. The summed E-state index contributed by atoms with van der Waals surface area (Å²) < 4.78 is 5.33. The average molecular weight is 326 g/mol. The van der Waals surface area contributed by atoms with Gasteiger partial charge in [-0.1, -0.05) is 29.8 Å². The molecule has 2 aromatic carbocycles. The lowest BCUT2D eigenvalue weighted by Crippen LogP contribution is -2.15. The largest absolute Gasteiger partial charge is 0.496 e. The molecule has 0 atom stereocenters. The van der Waals surface area contributed by atoms with Crippen molar-refractivity contribution in [3.63, 3.8) is 0 Å². The molecule has 4 nitrogen and oxygen atoms in total. The summed E-state index contributed by atoms with van der Waals surface area (Å²) in [7, 11) is 1.64. The Bertz CT molecular complexity index is 738. The number of para-hydroxylation sites is 1. The SMILES string of the molecule is COc1ccc(C)cc1CSCC(=O)Nc1ccccc1C#N. The molecule has 0 heterocycles. The van der Waals surface area contributed by atoms with Crippen LogP contribution in [0.15, 0.2) is 42.5 Å². The number of carbonyl (C=O) groups is 1. The molecule has 0 radical (unpaired) electrons. The van der Waals surface area contributed by atoms with E-state index in [2.05, 4.69) is 17.5 Å². The molecule has 1 N–H and O–H groups in total. The number of ether oxygens (including phenoxy) is 1. The van der Waals surface area contributed by atoms with Crippen LogP contribution in [0.4, 0.5) is 5.69 Å². The van der Waals surface area contributed by atoms with E-state index >= 15 is 0 Å². The fourth-order valence-electron chi connectivity index (χ4n) is 2.15. The molecule has 1 amide bonds. The molecule has 0 saturated heterocycles. The summed E-state index contributed by atoms with van der Waals surface area (Å²) in [5.41, 5.74) is 3.25. The van der Waals surface area contributed by atoms with Gasteiger partial charge in [0.25, 0.3) is 0 Å². The van der Waals surface area contributed by atoms with Gasteiger partial charge in [0, 0.05) is 11.3 Å². The second-order valence-corrected chi connectivity index (χ2v) is 6.00. The van der Waals surface area contributed by atoms with Crippen LogP contribution in [0.3, 0.4) is 0 Å². The summed E-state index contributed by atoms with van der Waals surface area (Å²) in [5.74, 6) is 1.72. The summed E-state index contributed by atoms with van der Waals surface area (Å²) in [5, 5.41) is 11.8. The third kappa shape index (κ3) is 4.76. The molecular formula is C18H18N2O2S. The number of aryl methyl sites for hydroxylation is 1. The number of nitriles is 1. The van der Waals surface area contributed by atoms with Crippen LogP contribution in [0.25, 0.3) is 0 Å². The molecule has 0 unspecified atom stereocenters. The number of amides is 1. The highest BCUT2D eigenvalue weighted by molar-refractivity contribution is 7.99. The Morgan fingerprint density at radius 1 is 1.30 bits per heavy atom. The van der Waals surface area contributed by atoms with E-state index < -0.39 is 0 Å². The van der Waals surface area contributed by atoms with Gasteiger partial charge in [0.15, 0.2) is 0 Å². The van der Waals surface area contributed by atoms with E-state index in [4.69, 9.17) is 10.00 Å². The van der Waals surface area contributed by atoms with Crippen molar-refractivity contribution in [2.24, 2.45) is 0 Å². The topological polar surface area (TPSA) is 62.1 Å². The Balaban J connectivity index is 1.91. The molecule has 118 valence electrons. The van der Waals surface area contributed by atoms with Crippen LogP contribution in [-0.2, 0) is 10.5 Å². The Morgan fingerprint density at radius 3 is 2.83 bits per heavy atom. The van der Waals surface area contributed by atoms with Crippen LogP contribution in [0, 0.1) is 18.3 Å². The van der Waals surface area contributed by atoms with Crippen LogP contribution in [-0.4, -0.2) is 18.8 Å². The first-order valence-corrected chi connectivity index (χ1v) is 8.29. The third-order valence-corrected chi connectivity index (χ3v) is 4.23. The molecule has 2 rings (SSSR count). The normalized spacial score (nSPS) is 9.96. The van der Waals surface area contributed by atoms with Crippen LogP contribution in [0.2, 0.25) is 0 Å². The monoisotopic (exact) mass is 326 g/mol. The Hall–Kier alpha value is -2.45. The van der Waals surface area contributed by atoms with Crippen molar-refractivity contribution in [2.45, 2.75) is 12.7 Å². The molecule has 0 aliphatic heterocycles. The fraction of sp³-hybridized carbons (Fsp3) is 0.222. The molecule has 2 aromatic rings. The van der Waals surface area contributed by atoms with Gasteiger partial charge in [-0.05, 0) is 25.1 Å². The van der Waals surface area contributed by atoms with E-state index in [1.807, 2.05) is 19.1 Å². The minimum absolute atomic E-state index is 0.121. The van der Waals surface area contributed by atoms with Crippen LogP contribution < -0.4 is 10.1 Å². The number of methoxy groups -OCH3 is 1. The predicted octanol–water partition coefficient (Wildman–Crippen LogP) is 3.75. The molecular weight excluding hydrogens is 308 g/mol. The van der Waals surface area contributed by atoms with E-state index in [0.717, 1.165) is 16.9 Å². The van der Waals surface area contributed by atoms with Crippen molar-refractivity contribution in [1.82, 2.24) is 0 Å². The number of nitrogens with one attached hydrogen (secondary N) is 1. The summed E-state index contributed by atoms with van der Waals surface area (Å²) in [6, 6.07) is 15.0. The van der Waals surface area contributed by atoms with E-state index in [1.54, 1.807) is 31.4 Å². The quantitative estimate of drug-likeness (QED) is 0.878. The van der Waals surface area contributed by atoms with E-state index in [1.165, 1.54) is 11.8 Å². The smallest absolute Gasteiger partial charge is 0.234 e. The Labute approximate surface area is 140 Å². The summed E-state index contributed by atoms with van der Waals surface area (Å²) >= 11 is 1.51. The van der Waals surface area contributed by atoms with Crippen LogP contribution in [0.1, 0.15) is 16.7 Å². The van der Waals surface area contributed by atoms with Gasteiger partial charge in [-0.2, -0.15) is 5.26 Å². The predicted molar refractivity (Wildman–Crippen MR) is 93.7 cm³/mol. The van der Waals surface area contributed by atoms with Gasteiger partial charge >= 0.3 is 0 Å². The van der Waals surface area contributed by atoms with Crippen molar-refractivity contribution >= 4 is 23.4 Å². The van der Waals surface area contributed by atoms with Crippen molar-refractivity contribution in [2.75, 3.05) is 18.2 Å². The number of hydrogen-bond donors (Lipinski definition) is 1. The number of carbonyl (C=O) groups excluding carboxylic acids is 1. The molecule has 5 heteroatoms. The first kappa shape index (κ1) is 16.9. The van der Waals surface area contributed by atoms with Gasteiger partial charge in [-0.3, -0.25) is 4.79 Å². The summed E-state index contributed by atoms with van der Waals surface area (Å²) in [6.45, 7) is 2.03. The first-order valence-electron chi connectivity index (χ1n) is 7.14. The van der Waals surface area contributed by atoms with Crippen molar-refractivity contribution < 1.29 is 9.53 Å². The van der Waals surface area contributed by atoms with Crippen molar-refractivity contribution in [1.29, 1.82) is 5.26 Å².